The van der Waals surface area contributed by atoms with Crippen molar-refractivity contribution in [2.24, 2.45) is 34.5 Å². The summed E-state index contributed by atoms with van der Waals surface area (Å²) in [6, 6.07) is 9.83. The topological polar surface area (TPSA) is 0 Å². The molecule has 1 aromatic rings. The van der Waals surface area contributed by atoms with Gasteiger partial charge in [0.15, 0.2) is 0 Å². The molecule has 0 radical (unpaired) electrons. The normalized spacial score (nSPS) is 44.7. The van der Waals surface area contributed by atoms with Crippen molar-refractivity contribution in [2.75, 3.05) is 0 Å². The zero-order valence-corrected chi connectivity index (χ0v) is 19.8. The van der Waals surface area contributed by atoms with E-state index in [-0.39, 0.29) is 5.41 Å². The second-order valence-corrected chi connectivity index (χ2v) is 12.9. The zero-order chi connectivity index (χ0) is 20.4. The van der Waals surface area contributed by atoms with Crippen LogP contribution in [0.3, 0.4) is 0 Å². The molecule has 0 saturated heterocycles. The summed E-state index contributed by atoms with van der Waals surface area (Å²) in [7, 11) is 0. The van der Waals surface area contributed by atoms with Crippen molar-refractivity contribution in [1.29, 1.82) is 0 Å². The van der Waals surface area contributed by atoms with Crippen LogP contribution in [0.25, 0.3) is 0 Å². The number of hydrogen-bond acceptors (Lipinski definition) is 0. The first-order chi connectivity index (χ1) is 13.7. The van der Waals surface area contributed by atoms with Crippen LogP contribution in [0.15, 0.2) is 24.3 Å². The Bertz CT molecular complexity index is 736. The number of rotatable bonds is 1. The van der Waals surface area contributed by atoms with Gasteiger partial charge < -0.3 is 0 Å². The minimum absolute atomic E-state index is 0.257. The van der Waals surface area contributed by atoms with Crippen molar-refractivity contribution < 1.29 is 0 Å². The second-order valence-electron chi connectivity index (χ2n) is 12.9. The van der Waals surface area contributed by atoms with Gasteiger partial charge in [0.25, 0.3) is 0 Å². The highest BCUT2D eigenvalue weighted by molar-refractivity contribution is 5.32. The highest BCUT2D eigenvalue weighted by Crippen LogP contribution is 2.69. The molecule has 29 heavy (non-hydrogen) atoms. The SMILES string of the molecule is CC(C)(C)c1ccc(C2CCC3C4CCC5CCCCC5(C)C4CCC23C)cc1. The summed E-state index contributed by atoms with van der Waals surface area (Å²) in [6.07, 6.45) is 15.1. The number of hydrogen-bond donors (Lipinski definition) is 0. The average molecular weight is 393 g/mol. The monoisotopic (exact) mass is 392 g/mol. The molecule has 5 rings (SSSR count). The number of benzene rings is 1. The van der Waals surface area contributed by atoms with Gasteiger partial charge in [-0.05, 0) is 108 Å². The van der Waals surface area contributed by atoms with Gasteiger partial charge in [-0.15, -0.1) is 0 Å². The lowest BCUT2D eigenvalue weighted by Gasteiger charge is -2.60. The van der Waals surface area contributed by atoms with Crippen LogP contribution in [0.4, 0.5) is 0 Å². The second kappa shape index (κ2) is 6.86. The van der Waals surface area contributed by atoms with E-state index in [1.54, 1.807) is 12.0 Å². The van der Waals surface area contributed by atoms with Crippen molar-refractivity contribution in [2.45, 2.75) is 110 Å². The fourth-order valence-corrected chi connectivity index (χ4v) is 9.06. The maximum atomic E-state index is 2.72. The van der Waals surface area contributed by atoms with Crippen molar-refractivity contribution in [3.8, 4) is 0 Å². The molecular weight excluding hydrogens is 348 g/mol. The molecule has 0 bridgehead atoms. The first kappa shape index (κ1) is 20.1. The molecule has 0 aromatic heterocycles. The smallest absolute Gasteiger partial charge is 0.0105 e. The maximum absolute atomic E-state index is 2.72. The first-order valence-electron chi connectivity index (χ1n) is 12.8. The third kappa shape index (κ3) is 3.06. The van der Waals surface area contributed by atoms with Gasteiger partial charge in [-0.1, -0.05) is 71.7 Å². The highest BCUT2D eigenvalue weighted by Gasteiger charge is 2.59. The Hall–Kier alpha value is -0.780. The maximum Gasteiger partial charge on any atom is -0.0105 e. The largest absolute Gasteiger partial charge is 0.0591 e. The first-order valence-corrected chi connectivity index (χ1v) is 12.8. The molecule has 0 nitrogen and oxygen atoms in total. The standard InChI is InChI=1S/C29H44/c1-27(2,3)21-11-9-20(10-12-21)24-15-16-25-23-14-13-22-8-6-7-18-28(22,4)26(23)17-19-29(24,25)5/h9-12,22-26H,6-8,13-19H2,1-5H3. The average Bonchev–Trinajstić information content (AvgIpc) is 3.04. The Kier molecular flexibility index (Phi) is 4.77. The van der Waals surface area contributed by atoms with Gasteiger partial charge in [0.05, 0.1) is 0 Å². The summed E-state index contributed by atoms with van der Waals surface area (Å²) in [5.74, 6) is 4.87. The molecule has 7 unspecified atom stereocenters. The van der Waals surface area contributed by atoms with E-state index in [1.807, 2.05) is 0 Å². The van der Waals surface area contributed by atoms with Crippen LogP contribution >= 0.6 is 0 Å². The van der Waals surface area contributed by atoms with Crippen LogP contribution in [0, 0.1) is 34.5 Å². The molecule has 4 aliphatic carbocycles. The van der Waals surface area contributed by atoms with E-state index in [2.05, 4.69) is 58.9 Å². The lowest BCUT2D eigenvalue weighted by Crippen LogP contribution is -2.52. The van der Waals surface area contributed by atoms with Crippen molar-refractivity contribution in [3.63, 3.8) is 0 Å². The highest BCUT2D eigenvalue weighted by atomic mass is 14.6. The van der Waals surface area contributed by atoms with Crippen molar-refractivity contribution in [1.82, 2.24) is 0 Å². The predicted molar refractivity (Wildman–Crippen MR) is 124 cm³/mol. The quantitative estimate of drug-likeness (QED) is 0.449. The van der Waals surface area contributed by atoms with Crippen LogP contribution in [-0.2, 0) is 5.41 Å². The molecule has 0 N–H and O–H groups in total. The minimum atomic E-state index is 0.257. The Morgan fingerprint density at radius 3 is 2.17 bits per heavy atom. The molecule has 0 aliphatic heterocycles. The van der Waals surface area contributed by atoms with E-state index < -0.39 is 0 Å². The van der Waals surface area contributed by atoms with E-state index in [0.29, 0.717) is 10.8 Å². The third-order valence-corrected chi connectivity index (χ3v) is 10.8. The fraction of sp³-hybridized carbons (Fsp3) is 0.793. The predicted octanol–water partition coefficient (Wildman–Crippen LogP) is 8.50. The molecule has 0 heteroatoms. The molecule has 0 heterocycles. The van der Waals surface area contributed by atoms with Gasteiger partial charge in [-0.3, -0.25) is 0 Å². The van der Waals surface area contributed by atoms with E-state index in [9.17, 15) is 0 Å². The van der Waals surface area contributed by atoms with Gasteiger partial charge >= 0.3 is 0 Å². The third-order valence-electron chi connectivity index (χ3n) is 10.8. The van der Waals surface area contributed by atoms with Crippen LogP contribution in [0.5, 0.6) is 0 Å². The van der Waals surface area contributed by atoms with Gasteiger partial charge in [0, 0.05) is 0 Å². The summed E-state index contributed by atoms with van der Waals surface area (Å²) < 4.78 is 0. The molecular formula is C29H44. The Balaban J connectivity index is 1.40. The van der Waals surface area contributed by atoms with Gasteiger partial charge in [0.2, 0.25) is 0 Å². The molecule has 7 atom stereocenters. The van der Waals surface area contributed by atoms with E-state index in [4.69, 9.17) is 0 Å². The molecule has 4 fully saturated rings. The zero-order valence-electron chi connectivity index (χ0n) is 19.8. The lowest BCUT2D eigenvalue weighted by atomic mass is 9.44. The van der Waals surface area contributed by atoms with Crippen LogP contribution in [0.1, 0.15) is 116 Å². The number of fused-ring (bicyclic) bond motifs is 5. The minimum Gasteiger partial charge on any atom is -0.0591 e. The van der Waals surface area contributed by atoms with Crippen molar-refractivity contribution >= 4 is 0 Å². The molecule has 0 spiro atoms. The lowest BCUT2D eigenvalue weighted by molar-refractivity contribution is -0.105. The van der Waals surface area contributed by atoms with E-state index in [0.717, 1.165) is 29.6 Å². The van der Waals surface area contributed by atoms with Gasteiger partial charge in [-0.2, -0.15) is 0 Å². The molecule has 4 aliphatic rings. The Morgan fingerprint density at radius 2 is 1.45 bits per heavy atom. The van der Waals surface area contributed by atoms with Crippen molar-refractivity contribution in [3.05, 3.63) is 35.4 Å². The molecule has 1 aromatic carbocycles. The van der Waals surface area contributed by atoms with Crippen LogP contribution in [0.2, 0.25) is 0 Å². The van der Waals surface area contributed by atoms with E-state index in [1.165, 1.54) is 63.4 Å². The molecule has 4 saturated carbocycles. The van der Waals surface area contributed by atoms with Crippen LogP contribution < -0.4 is 0 Å². The Labute approximate surface area is 180 Å². The van der Waals surface area contributed by atoms with Crippen LogP contribution in [-0.4, -0.2) is 0 Å². The summed E-state index contributed by atoms with van der Waals surface area (Å²) in [6.45, 7) is 12.4. The van der Waals surface area contributed by atoms with Gasteiger partial charge in [0.1, 0.15) is 0 Å². The molecule has 0 amide bonds. The fourth-order valence-electron chi connectivity index (χ4n) is 9.06. The summed E-state index contributed by atoms with van der Waals surface area (Å²) in [5, 5.41) is 0. The summed E-state index contributed by atoms with van der Waals surface area (Å²) in [5.41, 5.74) is 4.59. The summed E-state index contributed by atoms with van der Waals surface area (Å²) >= 11 is 0. The summed E-state index contributed by atoms with van der Waals surface area (Å²) in [4.78, 5) is 0. The Morgan fingerprint density at radius 1 is 0.724 bits per heavy atom. The van der Waals surface area contributed by atoms with Gasteiger partial charge in [-0.25, -0.2) is 0 Å². The molecule has 160 valence electrons. The van der Waals surface area contributed by atoms with E-state index >= 15 is 0 Å².